The third-order valence-electron chi connectivity index (χ3n) is 2.97. The fourth-order valence-corrected chi connectivity index (χ4v) is 2.51. The molecule has 0 bridgehead atoms. The van der Waals surface area contributed by atoms with Crippen molar-refractivity contribution in [1.29, 1.82) is 0 Å². The summed E-state index contributed by atoms with van der Waals surface area (Å²) in [7, 11) is 0. The van der Waals surface area contributed by atoms with E-state index in [9.17, 15) is 5.11 Å². The Morgan fingerprint density at radius 3 is 2.62 bits per heavy atom. The minimum Gasteiger partial charge on any atom is -0.388 e. The van der Waals surface area contributed by atoms with E-state index in [4.69, 9.17) is 0 Å². The van der Waals surface area contributed by atoms with Crippen molar-refractivity contribution < 1.29 is 5.11 Å². The van der Waals surface area contributed by atoms with Gasteiger partial charge in [-0.25, -0.2) is 0 Å². The maximum absolute atomic E-state index is 9.93. The first kappa shape index (κ1) is 11.8. The van der Waals surface area contributed by atoms with Crippen LogP contribution in [0.4, 0.5) is 0 Å². The van der Waals surface area contributed by atoms with Crippen LogP contribution in [0.3, 0.4) is 0 Å². The third kappa shape index (κ3) is 2.36. The van der Waals surface area contributed by atoms with E-state index in [1.165, 1.54) is 0 Å². The summed E-state index contributed by atoms with van der Waals surface area (Å²) in [6.07, 6.45) is 1.87. The van der Waals surface area contributed by atoms with E-state index in [-0.39, 0.29) is 6.04 Å². The number of hydrogen-bond donors (Lipinski definition) is 1. The summed E-state index contributed by atoms with van der Waals surface area (Å²) in [5.41, 5.74) is 1.53. The molecule has 86 valence electrons. The minimum atomic E-state index is -0.719. The highest BCUT2D eigenvalue weighted by Gasteiger charge is 2.31. The van der Waals surface area contributed by atoms with Crippen LogP contribution in [0.2, 0.25) is 0 Å². The largest absolute Gasteiger partial charge is 0.388 e. The molecule has 0 spiro atoms. The van der Waals surface area contributed by atoms with Gasteiger partial charge in [-0.3, -0.25) is 4.99 Å². The molecule has 1 aliphatic rings. The maximum Gasteiger partial charge on any atom is 0.0814 e. The van der Waals surface area contributed by atoms with Crippen LogP contribution in [-0.2, 0) is 0 Å². The quantitative estimate of drug-likeness (QED) is 0.887. The molecule has 3 heteroatoms. The lowest BCUT2D eigenvalue weighted by molar-refractivity contribution is 0.0535. The van der Waals surface area contributed by atoms with Gasteiger partial charge in [0.1, 0.15) is 0 Å². The van der Waals surface area contributed by atoms with Crippen LogP contribution in [0.5, 0.6) is 0 Å². The number of rotatable bonds is 2. The molecular weight excluding hydrogens is 266 g/mol. The molecule has 1 N–H and O–H groups in total. The van der Waals surface area contributed by atoms with Crippen LogP contribution in [0.25, 0.3) is 0 Å². The Labute approximate surface area is 105 Å². The van der Waals surface area contributed by atoms with Crippen molar-refractivity contribution in [3.63, 3.8) is 0 Å². The monoisotopic (exact) mass is 281 g/mol. The van der Waals surface area contributed by atoms with E-state index in [1.807, 2.05) is 32.0 Å². The van der Waals surface area contributed by atoms with E-state index >= 15 is 0 Å². The highest BCUT2D eigenvalue weighted by molar-refractivity contribution is 9.10. The second-order valence-electron chi connectivity index (χ2n) is 4.76. The molecule has 1 heterocycles. The summed E-state index contributed by atoms with van der Waals surface area (Å²) in [5.74, 6) is 0. The zero-order valence-corrected chi connectivity index (χ0v) is 11.2. The Hall–Kier alpha value is -0.670. The maximum atomic E-state index is 9.93. The molecule has 16 heavy (non-hydrogen) atoms. The molecular formula is C13H16BrNO. The molecule has 0 saturated heterocycles. The Balaban J connectivity index is 2.28. The van der Waals surface area contributed by atoms with Crippen molar-refractivity contribution in [2.24, 2.45) is 4.99 Å². The molecule has 0 amide bonds. The van der Waals surface area contributed by atoms with Crippen LogP contribution in [-0.4, -0.2) is 22.5 Å². The van der Waals surface area contributed by atoms with Crippen molar-refractivity contribution in [3.8, 4) is 0 Å². The standard InChI is InChI=1S/C13H16BrNO/c1-13(2,16)12-8-7-11(15-12)9-5-3-4-6-10(9)14/h3-6,12,16H,7-8H2,1-2H3/t12-/m1/s1. The second kappa shape index (κ2) is 4.30. The van der Waals surface area contributed by atoms with E-state index < -0.39 is 5.60 Å². The van der Waals surface area contributed by atoms with Gasteiger partial charge in [-0.05, 0) is 32.8 Å². The van der Waals surface area contributed by atoms with E-state index in [2.05, 4.69) is 27.0 Å². The summed E-state index contributed by atoms with van der Waals surface area (Å²) >= 11 is 3.53. The predicted octanol–water partition coefficient (Wildman–Crippen LogP) is 3.17. The fraction of sp³-hybridized carbons (Fsp3) is 0.462. The lowest BCUT2D eigenvalue weighted by Gasteiger charge is -2.22. The topological polar surface area (TPSA) is 32.6 Å². The Kier molecular flexibility index (Phi) is 3.17. The summed E-state index contributed by atoms with van der Waals surface area (Å²) in [4.78, 5) is 4.63. The molecule has 2 rings (SSSR count). The van der Waals surface area contributed by atoms with Gasteiger partial charge in [0.05, 0.1) is 11.6 Å². The molecule has 0 saturated carbocycles. The molecule has 1 atom stereocenters. The van der Waals surface area contributed by atoms with Gasteiger partial charge in [0, 0.05) is 15.7 Å². The van der Waals surface area contributed by atoms with E-state index in [1.54, 1.807) is 0 Å². The lowest BCUT2D eigenvalue weighted by atomic mass is 9.97. The van der Waals surface area contributed by atoms with Crippen LogP contribution in [0.1, 0.15) is 32.3 Å². The van der Waals surface area contributed by atoms with Crippen molar-refractivity contribution in [2.45, 2.75) is 38.3 Å². The highest BCUT2D eigenvalue weighted by Crippen LogP contribution is 2.28. The average Bonchev–Trinajstić information content (AvgIpc) is 2.66. The zero-order chi connectivity index (χ0) is 11.8. The molecule has 1 aromatic rings. The molecule has 1 aromatic carbocycles. The molecule has 0 aliphatic carbocycles. The van der Waals surface area contributed by atoms with Gasteiger partial charge in [-0.1, -0.05) is 34.1 Å². The highest BCUT2D eigenvalue weighted by atomic mass is 79.9. The molecule has 1 aliphatic heterocycles. The van der Waals surface area contributed by atoms with E-state index in [0.29, 0.717) is 0 Å². The first-order valence-electron chi connectivity index (χ1n) is 5.52. The van der Waals surface area contributed by atoms with Crippen LogP contribution in [0, 0.1) is 0 Å². The van der Waals surface area contributed by atoms with Crippen molar-refractivity contribution in [2.75, 3.05) is 0 Å². The molecule has 0 fully saturated rings. The van der Waals surface area contributed by atoms with Gasteiger partial charge in [0.2, 0.25) is 0 Å². The van der Waals surface area contributed by atoms with Gasteiger partial charge in [0.15, 0.2) is 0 Å². The Morgan fingerprint density at radius 2 is 2.06 bits per heavy atom. The molecule has 2 nitrogen and oxygen atoms in total. The van der Waals surface area contributed by atoms with Gasteiger partial charge < -0.3 is 5.11 Å². The number of aliphatic hydroxyl groups is 1. The van der Waals surface area contributed by atoms with Crippen LogP contribution in [0.15, 0.2) is 33.7 Å². The smallest absolute Gasteiger partial charge is 0.0814 e. The minimum absolute atomic E-state index is 0.0228. The molecule has 0 radical (unpaired) electrons. The number of halogens is 1. The molecule has 0 unspecified atom stereocenters. The average molecular weight is 282 g/mol. The summed E-state index contributed by atoms with van der Waals surface area (Å²) in [5, 5.41) is 9.93. The van der Waals surface area contributed by atoms with Gasteiger partial charge >= 0.3 is 0 Å². The van der Waals surface area contributed by atoms with Crippen molar-refractivity contribution in [1.82, 2.24) is 0 Å². The summed E-state index contributed by atoms with van der Waals surface area (Å²) in [6, 6.07) is 8.12. The first-order valence-corrected chi connectivity index (χ1v) is 6.32. The lowest BCUT2D eigenvalue weighted by Crippen LogP contribution is -2.32. The molecule has 0 aromatic heterocycles. The van der Waals surface area contributed by atoms with Crippen LogP contribution >= 0.6 is 15.9 Å². The normalized spacial score (nSPS) is 21.0. The van der Waals surface area contributed by atoms with Gasteiger partial charge in [-0.2, -0.15) is 0 Å². The zero-order valence-electron chi connectivity index (χ0n) is 9.57. The van der Waals surface area contributed by atoms with Gasteiger partial charge in [-0.15, -0.1) is 0 Å². The van der Waals surface area contributed by atoms with Crippen molar-refractivity contribution in [3.05, 3.63) is 34.3 Å². The predicted molar refractivity (Wildman–Crippen MR) is 70.0 cm³/mol. The van der Waals surface area contributed by atoms with Gasteiger partial charge in [0.25, 0.3) is 0 Å². The SMILES string of the molecule is CC(C)(O)[C@H]1CCC(c2ccccc2Br)=N1. The summed E-state index contributed by atoms with van der Waals surface area (Å²) in [6.45, 7) is 3.65. The Morgan fingerprint density at radius 1 is 1.38 bits per heavy atom. The first-order chi connectivity index (χ1) is 7.48. The van der Waals surface area contributed by atoms with Crippen LogP contribution < -0.4 is 0 Å². The number of hydrogen-bond acceptors (Lipinski definition) is 2. The fourth-order valence-electron chi connectivity index (χ4n) is 2.00. The summed E-state index contributed by atoms with van der Waals surface area (Å²) < 4.78 is 1.07. The van der Waals surface area contributed by atoms with Crippen molar-refractivity contribution >= 4 is 21.6 Å². The number of nitrogens with zero attached hydrogens (tertiary/aromatic N) is 1. The number of aliphatic imine (C=N–C) groups is 1. The Bertz CT molecular complexity index is 420. The second-order valence-corrected chi connectivity index (χ2v) is 5.62. The van der Waals surface area contributed by atoms with E-state index in [0.717, 1.165) is 28.6 Å². The third-order valence-corrected chi connectivity index (χ3v) is 3.66. The number of benzene rings is 1.